The van der Waals surface area contributed by atoms with Crippen molar-refractivity contribution in [2.75, 3.05) is 0 Å². The standard InChI is InChI=1S/C16H26O/c1-7-16(6,17)11-10-14-12(2)8-9-13(3)15(14,4)5/h7-8,10-11,13-14,17H,1,9H2,2-6H3. The van der Waals surface area contributed by atoms with Crippen molar-refractivity contribution in [3.63, 3.8) is 0 Å². The Morgan fingerprint density at radius 2 is 2.12 bits per heavy atom. The second kappa shape index (κ2) is 4.81. The molecular weight excluding hydrogens is 208 g/mol. The maximum Gasteiger partial charge on any atom is 0.0978 e. The average molecular weight is 234 g/mol. The van der Waals surface area contributed by atoms with Gasteiger partial charge >= 0.3 is 0 Å². The van der Waals surface area contributed by atoms with Gasteiger partial charge in [0.1, 0.15) is 0 Å². The topological polar surface area (TPSA) is 20.2 Å². The summed E-state index contributed by atoms with van der Waals surface area (Å²) < 4.78 is 0. The van der Waals surface area contributed by atoms with Crippen LogP contribution in [-0.4, -0.2) is 10.7 Å². The highest BCUT2D eigenvalue weighted by Crippen LogP contribution is 2.45. The molecule has 3 atom stereocenters. The van der Waals surface area contributed by atoms with Crippen LogP contribution in [0.15, 0.2) is 36.5 Å². The van der Waals surface area contributed by atoms with Crippen LogP contribution in [0, 0.1) is 17.3 Å². The molecule has 0 amide bonds. The molecule has 0 spiro atoms. The summed E-state index contributed by atoms with van der Waals surface area (Å²) >= 11 is 0. The molecule has 1 aliphatic rings. The summed E-state index contributed by atoms with van der Waals surface area (Å²) in [4.78, 5) is 0. The zero-order chi connectivity index (χ0) is 13.3. The molecule has 0 saturated heterocycles. The normalized spacial score (nSPS) is 32.0. The maximum atomic E-state index is 9.95. The Morgan fingerprint density at radius 1 is 1.53 bits per heavy atom. The van der Waals surface area contributed by atoms with Gasteiger partial charge in [0.15, 0.2) is 0 Å². The average Bonchev–Trinajstić information content (AvgIpc) is 2.23. The number of hydrogen-bond acceptors (Lipinski definition) is 1. The SMILES string of the molecule is C=CC(C)(O)C=CC1C(C)=CCC(C)C1(C)C. The number of allylic oxidation sites excluding steroid dienone is 3. The molecule has 0 saturated carbocycles. The second-order valence-corrected chi connectivity index (χ2v) is 6.17. The smallest absolute Gasteiger partial charge is 0.0978 e. The van der Waals surface area contributed by atoms with Crippen LogP contribution >= 0.6 is 0 Å². The summed E-state index contributed by atoms with van der Waals surface area (Å²) in [5, 5.41) is 9.95. The molecule has 0 aromatic heterocycles. The van der Waals surface area contributed by atoms with Gasteiger partial charge in [0.05, 0.1) is 5.60 Å². The van der Waals surface area contributed by atoms with Crippen molar-refractivity contribution in [1.29, 1.82) is 0 Å². The van der Waals surface area contributed by atoms with Crippen molar-refractivity contribution in [3.8, 4) is 0 Å². The van der Waals surface area contributed by atoms with Crippen LogP contribution in [0.4, 0.5) is 0 Å². The monoisotopic (exact) mass is 234 g/mol. The highest BCUT2D eigenvalue weighted by molar-refractivity contribution is 5.22. The van der Waals surface area contributed by atoms with Crippen LogP contribution in [-0.2, 0) is 0 Å². The summed E-state index contributed by atoms with van der Waals surface area (Å²) in [6.07, 6.45) is 9.06. The maximum absolute atomic E-state index is 9.95. The molecule has 1 heteroatoms. The molecular formula is C16H26O. The highest BCUT2D eigenvalue weighted by Gasteiger charge is 2.36. The van der Waals surface area contributed by atoms with Crippen LogP contribution in [0.1, 0.15) is 41.0 Å². The van der Waals surface area contributed by atoms with Gasteiger partial charge in [-0.25, -0.2) is 0 Å². The fourth-order valence-corrected chi connectivity index (χ4v) is 2.45. The number of rotatable bonds is 3. The first-order chi connectivity index (χ1) is 7.70. The van der Waals surface area contributed by atoms with E-state index < -0.39 is 5.60 Å². The van der Waals surface area contributed by atoms with E-state index in [0.717, 1.165) is 6.42 Å². The van der Waals surface area contributed by atoms with Gasteiger partial charge in [0.2, 0.25) is 0 Å². The minimum atomic E-state index is -0.906. The zero-order valence-corrected chi connectivity index (χ0v) is 11.8. The highest BCUT2D eigenvalue weighted by atomic mass is 16.3. The molecule has 17 heavy (non-hydrogen) atoms. The molecule has 0 heterocycles. The van der Waals surface area contributed by atoms with Crippen LogP contribution in [0.25, 0.3) is 0 Å². The molecule has 0 radical (unpaired) electrons. The Bertz CT molecular complexity index is 345. The predicted octanol–water partition coefficient (Wildman–Crippen LogP) is 4.11. The number of hydrogen-bond donors (Lipinski definition) is 1. The van der Waals surface area contributed by atoms with Gasteiger partial charge in [-0.2, -0.15) is 0 Å². The van der Waals surface area contributed by atoms with Crippen molar-refractivity contribution < 1.29 is 5.11 Å². The Labute approximate surface area is 106 Å². The van der Waals surface area contributed by atoms with Crippen molar-refractivity contribution >= 4 is 0 Å². The molecule has 0 aromatic rings. The molecule has 0 aromatic carbocycles. The fraction of sp³-hybridized carbons (Fsp3) is 0.625. The van der Waals surface area contributed by atoms with Crippen LogP contribution in [0.2, 0.25) is 0 Å². The molecule has 1 nitrogen and oxygen atoms in total. The Morgan fingerprint density at radius 3 is 2.65 bits per heavy atom. The molecule has 3 unspecified atom stereocenters. The molecule has 0 aliphatic heterocycles. The van der Waals surface area contributed by atoms with E-state index in [1.807, 2.05) is 6.08 Å². The first-order valence-electron chi connectivity index (χ1n) is 6.42. The summed E-state index contributed by atoms with van der Waals surface area (Å²) in [6, 6.07) is 0. The largest absolute Gasteiger partial charge is 0.382 e. The fourth-order valence-electron chi connectivity index (χ4n) is 2.45. The Balaban J connectivity index is 2.99. The van der Waals surface area contributed by atoms with E-state index in [0.29, 0.717) is 11.8 Å². The van der Waals surface area contributed by atoms with E-state index >= 15 is 0 Å². The van der Waals surface area contributed by atoms with Gasteiger partial charge in [0.25, 0.3) is 0 Å². The lowest BCUT2D eigenvalue weighted by molar-refractivity contribution is 0.153. The van der Waals surface area contributed by atoms with Crippen LogP contribution in [0.5, 0.6) is 0 Å². The molecule has 96 valence electrons. The van der Waals surface area contributed by atoms with E-state index in [1.54, 1.807) is 13.0 Å². The van der Waals surface area contributed by atoms with Crippen molar-refractivity contribution in [2.24, 2.45) is 17.3 Å². The summed E-state index contributed by atoms with van der Waals surface area (Å²) in [5.41, 5.74) is 0.744. The molecule has 0 bridgehead atoms. The van der Waals surface area contributed by atoms with Gasteiger partial charge in [-0.15, -0.1) is 0 Å². The molecule has 1 rings (SSSR count). The van der Waals surface area contributed by atoms with Gasteiger partial charge in [-0.1, -0.05) is 57.2 Å². The third kappa shape index (κ3) is 3.10. The van der Waals surface area contributed by atoms with E-state index in [1.165, 1.54) is 5.57 Å². The van der Waals surface area contributed by atoms with Crippen molar-refractivity contribution in [2.45, 2.75) is 46.6 Å². The molecule has 1 N–H and O–H groups in total. The van der Waals surface area contributed by atoms with E-state index in [2.05, 4.69) is 46.4 Å². The van der Waals surface area contributed by atoms with E-state index in [9.17, 15) is 5.11 Å². The lowest BCUT2D eigenvalue weighted by Crippen LogP contribution is -2.34. The van der Waals surface area contributed by atoms with Gasteiger partial charge in [-0.05, 0) is 31.6 Å². The summed E-state index contributed by atoms with van der Waals surface area (Å²) in [7, 11) is 0. The quantitative estimate of drug-likeness (QED) is 0.729. The lowest BCUT2D eigenvalue weighted by Gasteiger charge is -2.42. The van der Waals surface area contributed by atoms with Crippen LogP contribution < -0.4 is 0 Å². The molecule has 0 fully saturated rings. The van der Waals surface area contributed by atoms with Gasteiger partial charge in [0, 0.05) is 5.92 Å². The van der Waals surface area contributed by atoms with E-state index in [4.69, 9.17) is 0 Å². The van der Waals surface area contributed by atoms with Crippen LogP contribution in [0.3, 0.4) is 0 Å². The van der Waals surface area contributed by atoms with Crippen molar-refractivity contribution in [3.05, 3.63) is 36.5 Å². The van der Waals surface area contributed by atoms with Gasteiger partial charge in [-0.3, -0.25) is 0 Å². The minimum absolute atomic E-state index is 0.243. The lowest BCUT2D eigenvalue weighted by atomic mass is 9.63. The second-order valence-electron chi connectivity index (χ2n) is 6.17. The molecule has 1 aliphatic carbocycles. The third-order valence-corrected chi connectivity index (χ3v) is 4.39. The Kier molecular flexibility index (Phi) is 4.03. The predicted molar refractivity (Wildman–Crippen MR) is 74.8 cm³/mol. The number of aliphatic hydroxyl groups is 1. The summed E-state index contributed by atoms with van der Waals surface area (Å²) in [5.74, 6) is 1.06. The minimum Gasteiger partial charge on any atom is -0.382 e. The zero-order valence-electron chi connectivity index (χ0n) is 11.8. The van der Waals surface area contributed by atoms with Crippen molar-refractivity contribution in [1.82, 2.24) is 0 Å². The third-order valence-electron chi connectivity index (χ3n) is 4.39. The first-order valence-corrected chi connectivity index (χ1v) is 6.42. The van der Waals surface area contributed by atoms with E-state index in [-0.39, 0.29) is 5.41 Å². The Hall–Kier alpha value is -0.820. The first kappa shape index (κ1) is 14.2. The van der Waals surface area contributed by atoms with Gasteiger partial charge < -0.3 is 5.11 Å². The summed E-state index contributed by atoms with van der Waals surface area (Å²) in [6.45, 7) is 14.5.